The largest absolute Gasteiger partial charge is 0.465 e. The molecule has 0 unspecified atom stereocenters. The van der Waals surface area contributed by atoms with Gasteiger partial charge in [0.2, 0.25) is 0 Å². The molecule has 7 nitrogen and oxygen atoms in total. The third kappa shape index (κ3) is 6.53. The van der Waals surface area contributed by atoms with E-state index in [1.165, 1.54) is 16.2 Å². The molecule has 2 heterocycles. The van der Waals surface area contributed by atoms with Gasteiger partial charge in [-0.1, -0.05) is 24.3 Å². The van der Waals surface area contributed by atoms with Crippen LogP contribution in [-0.4, -0.2) is 81.7 Å². The fraction of sp³-hybridized carbons (Fsp3) is 0.480. The number of rotatable bonds is 7. The Hall–Kier alpha value is -2.48. The highest BCUT2D eigenvalue weighted by Gasteiger charge is 2.20. The summed E-state index contributed by atoms with van der Waals surface area (Å²) < 4.78 is 5.43. The number of hydrogen-bond donors (Lipinski definition) is 1. The molecule has 2 aliphatic heterocycles. The molecule has 2 fully saturated rings. The first-order valence-electron chi connectivity index (χ1n) is 11.6. The second-order valence-electron chi connectivity index (χ2n) is 8.52. The SMILES string of the molecule is Cc1ccccc1N1CCN(CCCN(C(=O)O)c2cccc(N3CCOCC3)c2)CC1.Cl. The van der Waals surface area contributed by atoms with Gasteiger partial charge < -0.3 is 19.6 Å². The van der Waals surface area contributed by atoms with Gasteiger partial charge in [0, 0.05) is 62.9 Å². The van der Waals surface area contributed by atoms with Crippen LogP contribution in [0.1, 0.15) is 12.0 Å². The highest BCUT2D eigenvalue weighted by atomic mass is 35.5. The molecule has 0 spiro atoms. The molecule has 2 aromatic rings. The summed E-state index contributed by atoms with van der Waals surface area (Å²) in [7, 11) is 0. The lowest BCUT2D eigenvalue weighted by atomic mass is 10.1. The fourth-order valence-electron chi connectivity index (χ4n) is 4.60. The van der Waals surface area contributed by atoms with E-state index in [0.717, 1.165) is 63.6 Å². The summed E-state index contributed by atoms with van der Waals surface area (Å²) >= 11 is 0. The monoisotopic (exact) mass is 474 g/mol. The second-order valence-corrected chi connectivity index (χ2v) is 8.52. The molecule has 8 heteroatoms. The van der Waals surface area contributed by atoms with E-state index in [4.69, 9.17) is 4.74 Å². The van der Waals surface area contributed by atoms with Crippen LogP contribution in [0.4, 0.5) is 21.9 Å². The average molecular weight is 475 g/mol. The first-order chi connectivity index (χ1) is 15.6. The Labute approximate surface area is 202 Å². The van der Waals surface area contributed by atoms with E-state index in [1.54, 1.807) is 0 Å². The lowest BCUT2D eigenvalue weighted by Crippen LogP contribution is -2.47. The Morgan fingerprint density at radius 3 is 2.39 bits per heavy atom. The van der Waals surface area contributed by atoms with Gasteiger partial charge in [-0.15, -0.1) is 12.4 Å². The van der Waals surface area contributed by atoms with Gasteiger partial charge in [-0.2, -0.15) is 0 Å². The third-order valence-electron chi connectivity index (χ3n) is 6.43. The van der Waals surface area contributed by atoms with E-state index in [1.807, 2.05) is 24.3 Å². The average Bonchev–Trinajstić information content (AvgIpc) is 2.83. The number of nitrogens with zero attached hydrogens (tertiary/aromatic N) is 4. The number of para-hydroxylation sites is 1. The molecule has 0 bridgehead atoms. The van der Waals surface area contributed by atoms with Crippen LogP contribution < -0.4 is 14.7 Å². The first kappa shape index (κ1) is 25.1. The van der Waals surface area contributed by atoms with Crippen molar-refractivity contribution in [1.82, 2.24) is 4.90 Å². The van der Waals surface area contributed by atoms with Crippen molar-refractivity contribution in [2.75, 3.05) is 80.3 Å². The lowest BCUT2D eigenvalue weighted by molar-refractivity contribution is 0.122. The Bertz CT molecular complexity index is 899. The summed E-state index contributed by atoms with van der Waals surface area (Å²) in [5, 5.41) is 9.82. The van der Waals surface area contributed by atoms with Crippen molar-refractivity contribution in [2.24, 2.45) is 0 Å². The number of aryl methyl sites for hydroxylation is 1. The van der Waals surface area contributed by atoms with E-state index in [-0.39, 0.29) is 12.4 Å². The zero-order valence-electron chi connectivity index (χ0n) is 19.4. The molecular weight excluding hydrogens is 440 g/mol. The Kier molecular flexibility index (Phi) is 9.23. The summed E-state index contributed by atoms with van der Waals surface area (Å²) in [4.78, 5) is 20.6. The number of anilines is 3. The van der Waals surface area contributed by atoms with Crippen LogP contribution in [0.5, 0.6) is 0 Å². The molecule has 0 saturated carbocycles. The van der Waals surface area contributed by atoms with Crippen molar-refractivity contribution in [1.29, 1.82) is 0 Å². The van der Waals surface area contributed by atoms with Crippen LogP contribution in [0.15, 0.2) is 48.5 Å². The number of hydrogen-bond acceptors (Lipinski definition) is 5. The maximum absolute atomic E-state index is 12.0. The summed E-state index contributed by atoms with van der Waals surface area (Å²) in [5.41, 5.74) is 4.44. The standard InChI is InChI=1S/C25H34N4O3.ClH/c1-21-6-2-3-9-24(21)28-14-12-26(13-15-28)10-5-11-29(25(30)31)23-8-4-7-22(20-23)27-16-18-32-19-17-27;/h2-4,6-9,20H,5,10-19H2,1H3,(H,30,31);1H. The quantitative estimate of drug-likeness (QED) is 0.655. The normalized spacial score (nSPS) is 16.9. The van der Waals surface area contributed by atoms with Gasteiger partial charge in [-0.25, -0.2) is 4.79 Å². The second kappa shape index (κ2) is 12.1. The van der Waals surface area contributed by atoms with Crippen molar-refractivity contribution >= 4 is 35.6 Å². The molecule has 180 valence electrons. The Balaban J connectivity index is 0.00000306. The van der Waals surface area contributed by atoms with Crippen molar-refractivity contribution in [3.8, 4) is 0 Å². The minimum atomic E-state index is -0.895. The van der Waals surface area contributed by atoms with E-state index in [2.05, 4.69) is 45.9 Å². The van der Waals surface area contributed by atoms with Crippen LogP contribution in [0.3, 0.4) is 0 Å². The maximum atomic E-state index is 12.0. The van der Waals surface area contributed by atoms with E-state index < -0.39 is 6.09 Å². The third-order valence-corrected chi connectivity index (χ3v) is 6.43. The molecule has 1 N–H and O–H groups in total. The number of ether oxygens (including phenoxy) is 1. The predicted molar refractivity (Wildman–Crippen MR) is 137 cm³/mol. The number of morpholine rings is 1. The molecule has 4 rings (SSSR count). The minimum Gasteiger partial charge on any atom is -0.465 e. The zero-order valence-corrected chi connectivity index (χ0v) is 20.2. The van der Waals surface area contributed by atoms with Gasteiger partial charge in [-0.3, -0.25) is 9.80 Å². The zero-order chi connectivity index (χ0) is 22.3. The van der Waals surface area contributed by atoms with Crippen LogP contribution in [0.25, 0.3) is 0 Å². The fourth-order valence-corrected chi connectivity index (χ4v) is 4.60. The summed E-state index contributed by atoms with van der Waals surface area (Å²) in [6.45, 7) is 10.7. The lowest BCUT2D eigenvalue weighted by Gasteiger charge is -2.37. The van der Waals surface area contributed by atoms with E-state index >= 15 is 0 Å². The molecule has 0 aliphatic carbocycles. The number of piperazine rings is 1. The molecule has 0 atom stereocenters. The van der Waals surface area contributed by atoms with Crippen LogP contribution >= 0.6 is 12.4 Å². The maximum Gasteiger partial charge on any atom is 0.411 e. The van der Waals surface area contributed by atoms with Crippen molar-refractivity contribution in [2.45, 2.75) is 13.3 Å². The molecule has 2 saturated heterocycles. The van der Waals surface area contributed by atoms with E-state index in [0.29, 0.717) is 19.8 Å². The van der Waals surface area contributed by atoms with Gasteiger partial charge in [0.15, 0.2) is 0 Å². The van der Waals surface area contributed by atoms with Crippen molar-refractivity contribution in [3.05, 3.63) is 54.1 Å². The highest BCUT2D eigenvalue weighted by molar-refractivity contribution is 5.86. The van der Waals surface area contributed by atoms with Crippen molar-refractivity contribution in [3.63, 3.8) is 0 Å². The van der Waals surface area contributed by atoms with Gasteiger partial charge in [0.1, 0.15) is 0 Å². The van der Waals surface area contributed by atoms with Gasteiger partial charge >= 0.3 is 6.09 Å². The van der Waals surface area contributed by atoms with Crippen LogP contribution in [-0.2, 0) is 4.74 Å². The summed E-state index contributed by atoms with van der Waals surface area (Å²) in [6.07, 6.45) is -0.0770. The first-order valence-corrected chi connectivity index (χ1v) is 11.6. The van der Waals surface area contributed by atoms with E-state index in [9.17, 15) is 9.90 Å². The van der Waals surface area contributed by atoms with Gasteiger partial charge in [0.05, 0.1) is 13.2 Å². The Morgan fingerprint density at radius 2 is 1.70 bits per heavy atom. The number of benzene rings is 2. The molecular formula is C25H35ClN4O3. The molecule has 0 radical (unpaired) electrons. The molecule has 0 aromatic heterocycles. The van der Waals surface area contributed by atoms with Gasteiger partial charge in [0.25, 0.3) is 0 Å². The van der Waals surface area contributed by atoms with Crippen LogP contribution in [0.2, 0.25) is 0 Å². The highest BCUT2D eigenvalue weighted by Crippen LogP contribution is 2.24. The van der Waals surface area contributed by atoms with Gasteiger partial charge in [-0.05, 0) is 49.7 Å². The topological polar surface area (TPSA) is 59.5 Å². The van der Waals surface area contributed by atoms with Crippen LogP contribution in [0, 0.1) is 6.92 Å². The smallest absolute Gasteiger partial charge is 0.411 e. The minimum absolute atomic E-state index is 0. The summed E-state index contributed by atoms with van der Waals surface area (Å²) in [5.74, 6) is 0. The Morgan fingerprint density at radius 1 is 0.970 bits per heavy atom. The number of carboxylic acid groups (broad SMARTS) is 1. The predicted octanol–water partition coefficient (Wildman–Crippen LogP) is 3.95. The molecule has 2 aromatic carbocycles. The number of amides is 1. The molecule has 33 heavy (non-hydrogen) atoms. The van der Waals surface area contributed by atoms with Crippen molar-refractivity contribution < 1.29 is 14.6 Å². The number of carbonyl (C=O) groups is 1. The molecule has 1 amide bonds. The summed E-state index contributed by atoms with van der Waals surface area (Å²) in [6, 6.07) is 16.4. The number of halogens is 1. The molecule has 2 aliphatic rings.